The summed E-state index contributed by atoms with van der Waals surface area (Å²) in [6.07, 6.45) is -0.0797. The Labute approximate surface area is 161 Å². The van der Waals surface area contributed by atoms with E-state index in [9.17, 15) is 9.59 Å². The fourth-order valence-corrected chi connectivity index (χ4v) is 2.48. The maximum absolute atomic E-state index is 12.6. The van der Waals surface area contributed by atoms with Crippen molar-refractivity contribution in [2.75, 3.05) is 5.32 Å². The molecule has 5 nitrogen and oxygen atoms in total. The summed E-state index contributed by atoms with van der Waals surface area (Å²) in [5.41, 5.74) is 1.86. The highest BCUT2D eigenvalue weighted by atomic mass is 16.5. The average molecular weight is 368 g/mol. The van der Waals surface area contributed by atoms with Crippen LogP contribution in [0, 0.1) is 6.92 Å². The fraction of sp³-hybridized carbons (Fsp3) is 0.364. The molecule has 0 aliphatic carbocycles. The normalized spacial score (nSPS) is 12.2. The molecule has 0 aliphatic heterocycles. The van der Waals surface area contributed by atoms with E-state index in [1.807, 2.05) is 58.9 Å². The van der Waals surface area contributed by atoms with Crippen molar-refractivity contribution in [2.45, 2.75) is 52.7 Å². The quantitative estimate of drug-likeness (QED) is 0.798. The van der Waals surface area contributed by atoms with Crippen LogP contribution in [0.15, 0.2) is 48.5 Å². The molecular weight excluding hydrogens is 340 g/mol. The van der Waals surface area contributed by atoms with E-state index >= 15 is 0 Å². The van der Waals surface area contributed by atoms with Crippen LogP contribution in [0.5, 0.6) is 5.75 Å². The zero-order valence-corrected chi connectivity index (χ0v) is 16.6. The summed E-state index contributed by atoms with van der Waals surface area (Å²) in [4.78, 5) is 24.9. The van der Waals surface area contributed by atoms with Gasteiger partial charge < -0.3 is 15.4 Å². The van der Waals surface area contributed by atoms with Gasteiger partial charge in [0.25, 0.3) is 11.8 Å². The summed E-state index contributed by atoms with van der Waals surface area (Å²) in [6.45, 7) is 9.66. The molecule has 2 aromatic carbocycles. The van der Waals surface area contributed by atoms with E-state index in [0.717, 1.165) is 5.56 Å². The summed E-state index contributed by atoms with van der Waals surface area (Å²) in [7, 11) is 0. The van der Waals surface area contributed by atoms with Crippen LogP contribution in [-0.2, 0) is 4.79 Å². The van der Waals surface area contributed by atoms with Gasteiger partial charge in [-0.25, -0.2) is 0 Å². The van der Waals surface area contributed by atoms with E-state index in [2.05, 4.69) is 10.6 Å². The van der Waals surface area contributed by atoms with Gasteiger partial charge >= 0.3 is 0 Å². The van der Waals surface area contributed by atoms with Crippen LogP contribution in [-0.4, -0.2) is 23.5 Å². The molecule has 0 radical (unpaired) electrons. The van der Waals surface area contributed by atoms with Gasteiger partial charge in [-0.1, -0.05) is 30.7 Å². The lowest BCUT2D eigenvalue weighted by Gasteiger charge is -2.21. The topological polar surface area (TPSA) is 67.4 Å². The Hall–Kier alpha value is -2.82. The number of nitrogens with one attached hydrogen (secondary N) is 2. The highest BCUT2D eigenvalue weighted by Crippen LogP contribution is 2.17. The maximum Gasteiger partial charge on any atom is 0.265 e. The van der Waals surface area contributed by atoms with E-state index in [-0.39, 0.29) is 17.4 Å². The number of rotatable bonds is 6. The standard InChI is InChI=1S/C22H28N2O3/c1-6-19(27-18-12-10-15(2)11-13-18)21(26)23-17-9-7-8-16(14-17)20(25)24-22(3,4)5/h7-14,19H,6H2,1-5H3,(H,23,26)(H,24,25). The molecule has 0 bridgehead atoms. The average Bonchev–Trinajstić information content (AvgIpc) is 2.60. The second-order valence-electron chi connectivity index (χ2n) is 7.60. The number of carbonyl (C=O) groups excluding carboxylic acids is 2. The van der Waals surface area contributed by atoms with Crippen molar-refractivity contribution in [3.8, 4) is 5.75 Å². The third-order valence-corrected chi connectivity index (χ3v) is 3.84. The van der Waals surface area contributed by atoms with Gasteiger partial charge in [0, 0.05) is 16.8 Å². The van der Waals surface area contributed by atoms with Crippen molar-refractivity contribution in [1.82, 2.24) is 5.32 Å². The molecule has 0 aliphatic rings. The van der Waals surface area contributed by atoms with Crippen molar-refractivity contribution in [2.24, 2.45) is 0 Å². The Morgan fingerprint density at radius 3 is 2.33 bits per heavy atom. The molecule has 1 unspecified atom stereocenters. The molecule has 144 valence electrons. The van der Waals surface area contributed by atoms with Crippen LogP contribution in [0.25, 0.3) is 0 Å². The van der Waals surface area contributed by atoms with Crippen molar-refractivity contribution >= 4 is 17.5 Å². The lowest BCUT2D eigenvalue weighted by atomic mass is 10.1. The summed E-state index contributed by atoms with van der Waals surface area (Å²) in [5.74, 6) is 0.230. The Balaban J connectivity index is 2.06. The zero-order chi connectivity index (χ0) is 20.0. The Morgan fingerprint density at radius 2 is 1.74 bits per heavy atom. The van der Waals surface area contributed by atoms with Gasteiger partial charge in [-0.15, -0.1) is 0 Å². The summed E-state index contributed by atoms with van der Waals surface area (Å²) in [6, 6.07) is 14.5. The number of hydrogen-bond donors (Lipinski definition) is 2. The molecule has 0 spiro atoms. The molecule has 27 heavy (non-hydrogen) atoms. The highest BCUT2D eigenvalue weighted by molar-refractivity contribution is 5.98. The van der Waals surface area contributed by atoms with Crippen LogP contribution >= 0.6 is 0 Å². The van der Waals surface area contributed by atoms with Crippen molar-refractivity contribution in [1.29, 1.82) is 0 Å². The minimum absolute atomic E-state index is 0.179. The molecule has 0 aromatic heterocycles. The van der Waals surface area contributed by atoms with E-state index in [0.29, 0.717) is 23.4 Å². The van der Waals surface area contributed by atoms with Crippen LogP contribution in [0.4, 0.5) is 5.69 Å². The summed E-state index contributed by atoms with van der Waals surface area (Å²) in [5, 5.41) is 5.75. The number of ether oxygens (including phenoxy) is 1. The third-order valence-electron chi connectivity index (χ3n) is 3.84. The number of anilines is 1. The molecule has 1 atom stereocenters. The van der Waals surface area contributed by atoms with Gasteiger partial charge in [0.2, 0.25) is 0 Å². The molecule has 5 heteroatoms. The highest BCUT2D eigenvalue weighted by Gasteiger charge is 2.20. The van der Waals surface area contributed by atoms with Crippen molar-refractivity contribution in [3.63, 3.8) is 0 Å². The van der Waals surface area contributed by atoms with Crippen LogP contribution in [0.2, 0.25) is 0 Å². The second-order valence-corrected chi connectivity index (χ2v) is 7.60. The van der Waals surface area contributed by atoms with Crippen LogP contribution in [0.3, 0.4) is 0 Å². The fourth-order valence-electron chi connectivity index (χ4n) is 2.48. The van der Waals surface area contributed by atoms with E-state index in [1.165, 1.54) is 0 Å². The molecule has 0 heterocycles. The first-order chi connectivity index (χ1) is 12.7. The Kier molecular flexibility index (Phi) is 6.61. The van der Waals surface area contributed by atoms with E-state index in [1.54, 1.807) is 24.3 Å². The van der Waals surface area contributed by atoms with Gasteiger partial charge in [-0.3, -0.25) is 9.59 Å². The van der Waals surface area contributed by atoms with Gasteiger partial charge in [-0.05, 0) is 64.4 Å². The molecule has 0 saturated carbocycles. The monoisotopic (exact) mass is 368 g/mol. The number of benzene rings is 2. The number of hydrogen-bond acceptors (Lipinski definition) is 3. The Bertz CT molecular complexity index is 792. The lowest BCUT2D eigenvalue weighted by molar-refractivity contribution is -0.122. The first-order valence-corrected chi connectivity index (χ1v) is 9.14. The first kappa shape index (κ1) is 20.5. The first-order valence-electron chi connectivity index (χ1n) is 9.14. The molecule has 2 N–H and O–H groups in total. The largest absolute Gasteiger partial charge is 0.481 e. The van der Waals surface area contributed by atoms with Crippen molar-refractivity contribution in [3.05, 3.63) is 59.7 Å². The van der Waals surface area contributed by atoms with Gasteiger partial charge in [0.05, 0.1) is 0 Å². The maximum atomic E-state index is 12.6. The van der Waals surface area contributed by atoms with Gasteiger partial charge in [0.1, 0.15) is 5.75 Å². The molecule has 0 fully saturated rings. The minimum Gasteiger partial charge on any atom is -0.481 e. The number of carbonyl (C=O) groups is 2. The molecule has 0 saturated heterocycles. The summed E-state index contributed by atoms with van der Waals surface area (Å²) >= 11 is 0. The molecule has 2 rings (SSSR count). The third kappa shape index (κ3) is 6.44. The van der Waals surface area contributed by atoms with Gasteiger partial charge in [-0.2, -0.15) is 0 Å². The SMILES string of the molecule is CCC(Oc1ccc(C)cc1)C(=O)Nc1cccc(C(=O)NC(C)(C)C)c1. The second kappa shape index (κ2) is 8.71. The minimum atomic E-state index is -0.611. The summed E-state index contributed by atoms with van der Waals surface area (Å²) < 4.78 is 5.80. The van der Waals surface area contributed by atoms with E-state index < -0.39 is 6.10 Å². The van der Waals surface area contributed by atoms with Crippen molar-refractivity contribution < 1.29 is 14.3 Å². The molecule has 2 amide bonds. The Morgan fingerprint density at radius 1 is 1.07 bits per heavy atom. The zero-order valence-electron chi connectivity index (χ0n) is 16.6. The van der Waals surface area contributed by atoms with E-state index in [4.69, 9.17) is 4.74 Å². The molecule has 2 aromatic rings. The smallest absolute Gasteiger partial charge is 0.265 e. The van der Waals surface area contributed by atoms with Gasteiger partial charge in [0.15, 0.2) is 6.10 Å². The predicted molar refractivity (Wildman–Crippen MR) is 108 cm³/mol. The lowest BCUT2D eigenvalue weighted by Crippen LogP contribution is -2.40. The molecular formula is C22H28N2O3. The number of aryl methyl sites for hydroxylation is 1. The number of amides is 2. The van der Waals surface area contributed by atoms with Crippen LogP contribution < -0.4 is 15.4 Å². The van der Waals surface area contributed by atoms with Crippen LogP contribution in [0.1, 0.15) is 50.0 Å². The predicted octanol–water partition coefficient (Wildman–Crippen LogP) is 4.32.